The lowest BCUT2D eigenvalue weighted by Crippen LogP contribution is -2.46. The van der Waals surface area contributed by atoms with Gasteiger partial charge < -0.3 is 14.1 Å². The highest BCUT2D eigenvalue weighted by molar-refractivity contribution is 7.91. The summed E-state index contributed by atoms with van der Waals surface area (Å²) < 4.78 is 39.4. The minimum Gasteiger partial charge on any atom is -0.485 e. The minimum atomic E-state index is -3.51. The number of aryl methyl sites for hydroxylation is 2. The maximum atomic E-state index is 12.8. The quantitative estimate of drug-likeness (QED) is 0.556. The Hall–Kier alpha value is -2.62. The Labute approximate surface area is 192 Å². The van der Waals surface area contributed by atoms with E-state index in [0.717, 1.165) is 11.3 Å². The molecule has 0 saturated carbocycles. The summed E-state index contributed by atoms with van der Waals surface area (Å²) in [6.07, 6.45) is 1.11. The van der Waals surface area contributed by atoms with Gasteiger partial charge in [-0.25, -0.2) is 13.1 Å². The van der Waals surface area contributed by atoms with Crippen molar-refractivity contribution in [3.8, 4) is 5.75 Å². The van der Waals surface area contributed by atoms with Crippen LogP contribution in [-0.2, 0) is 16.6 Å². The summed E-state index contributed by atoms with van der Waals surface area (Å²) in [6, 6.07) is 12.5. The van der Waals surface area contributed by atoms with Gasteiger partial charge in [-0.05, 0) is 61.9 Å². The lowest BCUT2D eigenvalue weighted by atomic mass is 10.1. The van der Waals surface area contributed by atoms with Crippen molar-refractivity contribution in [1.82, 2.24) is 9.62 Å². The smallest absolute Gasteiger partial charge is 0.289 e. The van der Waals surface area contributed by atoms with Gasteiger partial charge in [0.15, 0.2) is 5.76 Å². The Morgan fingerprint density at radius 2 is 1.97 bits per heavy atom. The van der Waals surface area contributed by atoms with Gasteiger partial charge in [-0.1, -0.05) is 23.8 Å². The summed E-state index contributed by atoms with van der Waals surface area (Å²) in [7, 11) is -3.51. The number of piperidine rings is 1. The Morgan fingerprint density at radius 1 is 1.19 bits per heavy atom. The molecule has 9 heteroatoms. The number of hydrogen-bond acceptors (Lipinski definition) is 6. The van der Waals surface area contributed by atoms with E-state index in [-0.39, 0.29) is 24.3 Å². The second-order valence-corrected chi connectivity index (χ2v) is 10.8. The molecule has 1 fully saturated rings. The van der Waals surface area contributed by atoms with E-state index in [1.54, 1.807) is 34.5 Å². The summed E-state index contributed by atoms with van der Waals surface area (Å²) in [5.41, 5.74) is 2.22. The number of hydrogen-bond donors (Lipinski definition) is 1. The van der Waals surface area contributed by atoms with Gasteiger partial charge >= 0.3 is 0 Å². The number of likely N-dealkylation sites (tertiary alicyclic amines) is 1. The van der Waals surface area contributed by atoms with E-state index in [0.29, 0.717) is 35.9 Å². The number of thiophene rings is 1. The van der Waals surface area contributed by atoms with Gasteiger partial charge in [0, 0.05) is 19.1 Å². The van der Waals surface area contributed by atoms with E-state index >= 15 is 0 Å². The SMILES string of the molecule is Cc1ccc(OCc2ccc(C(=O)N3CCC(NS(=O)(=O)c4cccs4)CC3)o2)c(C)c1. The summed E-state index contributed by atoms with van der Waals surface area (Å²) >= 11 is 1.19. The molecule has 1 amide bonds. The lowest BCUT2D eigenvalue weighted by molar-refractivity contribution is 0.0675. The Bertz CT molecular complexity index is 1180. The topological polar surface area (TPSA) is 88.9 Å². The van der Waals surface area contributed by atoms with E-state index in [2.05, 4.69) is 10.8 Å². The van der Waals surface area contributed by atoms with Crippen LogP contribution in [0.25, 0.3) is 0 Å². The zero-order chi connectivity index (χ0) is 22.7. The van der Waals surface area contributed by atoms with Crippen molar-refractivity contribution >= 4 is 27.3 Å². The van der Waals surface area contributed by atoms with Crippen molar-refractivity contribution < 1.29 is 22.4 Å². The first-order valence-corrected chi connectivity index (χ1v) is 12.8. The molecule has 0 bridgehead atoms. The highest BCUT2D eigenvalue weighted by atomic mass is 32.2. The second kappa shape index (κ2) is 9.48. The molecular weight excluding hydrogens is 448 g/mol. The average Bonchev–Trinajstić information content (AvgIpc) is 3.46. The monoisotopic (exact) mass is 474 g/mol. The second-order valence-electron chi connectivity index (χ2n) is 7.94. The molecule has 0 radical (unpaired) electrons. The zero-order valence-electron chi connectivity index (χ0n) is 18.0. The summed E-state index contributed by atoms with van der Waals surface area (Å²) in [6.45, 7) is 5.19. The van der Waals surface area contributed by atoms with Gasteiger partial charge in [0.1, 0.15) is 22.3 Å². The number of benzene rings is 1. The van der Waals surface area contributed by atoms with Crippen LogP contribution in [0.15, 0.2) is 56.5 Å². The van der Waals surface area contributed by atoms with Crippen molar-refractivity contribution in [2.24, 2.45) is 0 Å². The average molecular weight is 475 g/mol. The predicted molar refractivity (Wildman–Crippen MR) is 123 cm³/mol. The number of carbonyl (C=O) groups is 1. The van der Waals surface area contributed by atoms with Gasteiger partial charge in [0.2, 0.25) is 10.0 Å². The molecule has 1 aliphatic rings. The molecule has 2 aromatic heterocycles. The normalized spacial score (nSPS) is 15.1. The van der Waals surface area contributed by atoms with Crippen LogP contribution in [0.1, 0.15) is 40.3 Å². The van der Waals surface area contributed by atoms with E-state index in [1.807, 2.05) is 26.0 Å². The number of ether oxygens (including phenoxy) is 1. The molecule has 3 aromatic rings. The van der Waals surface area contributed by atoms with E-state index in [1.165, 1.54) is 16.9 Å². The molecule has 1 N–H and O–H groups in total. The fourth-order valence-corrected chi connectivity index (χ4v) is 6.05. The summed E-state index contributed by atoms with van der Waals surface area (Å²) in [4.78, 5) is 14.5. The van der Waals surface area contributed by atoms with Gasteiger partial charge in [-0.15, -0.1) is 11.3 Å². The molecule has 3 heterocycles. The number of carbonyl (C=O) groups excluding carboxylic acids is 1. The summed E-state index contributed by atoms with van der Waals surface area (Å²) in [5, 5.41) is 1.74. The van der Waals surface area contributed by atoms with Crippen molar-refractivity contribution in [1.29, 1.82) is 0 Å². The van der Waals surface area contributed by atoms with E-state index in [9.17, 15) is 13.2 Å². The standard InChI is InChI=1S/C23H26N2O5S2/c1-16-5-7-20(17(2)14-16)29-15-19-6-8-21(30-19)23(26)25-11-9-18(10-12-25)24-32(27,28)22-4-3-13-31-22/h3-8,13-14,18,24H,9-12,15H2,1-2H3. The number of sulfonamides is 1. The highest BCUT2D eigenvalue weighted by Crippen LogP contribution is 2.22. The highest BCUT2D eigenvalue weighted by Gasteiger charge is 2.28. The minimum absolute atomic E-state index is 0.190. The van der Waals surface area contributed by atoms with Gasteiger partial charge in [0.25, 0.3) is 5.91 Å². The lowest BCUT2D eigenvalue weighted by Gasteiger charge is -2.31. The van der Waals surface area contributed by atoms with Crippen LogP contribution >= 0.6 is 11.3 Å². The molecule has 7 nitrogen and oxygen atoms in total. The van der Waals surface area contributed by atoms with Crippen molar-refractivity contribution in [2.75, 3.05) is 13.1 Å². The number of rotatable bonds is 7. The van der Waals surface area contributed by atoms with Crippen LogP contribution in [-0.4, -0.2) is 38.4 Å². The van der Waals surface area contributed by atoms with Crippen LogP contribution in [0.3, 0.4) is 0 Å². The molecule has 0 unspecified atom stereocenters. The van der Waals surface area contributed by atoms with Gasteiger partial charge in [-0.3, -0.25) is 4.79 Å². The molecule has 1 aliphatic heterocycles. The maximum Gasteiger partial charge on any atom is 0.289 e. The van der Waals surface area contributed by atoms with Gasteiger partial charge in [0.05, 0.1) is 0 Å². The van der Waals surface area contributed by atoms with Gasteiger partial charge in [-0.2, -0.15) is 0 Å². The van der Waals surface area contributed by atoms with E-state index < -0.39 is 10.0 Å². The molecular formula is C23H26N2O5S2. The Kier molecular flexibility index (Phi) is 6.68. The van der Waals surface area contributed by atoms with Crippen molar-refractivity contribution in [3.05, 3.63) is 70.5 Å². The molecule has 170 valence electrons. The largest absolute Gasteiger partial charge is 0.485 e. The Balaban J connectivity index is 1.29. The molecule has 4 rings (SSSR count). The van der Waals surface area contributed by atoms with Crippen LogP contribution in [0.2, 0.25) is 0 Å². The number of furan rings is 1. The maximum absolute atomic E-state index is 12.8. The first kappa shape index (κ1) is 22.6. The molecule has 1 saturated heterocycles. The van der Waals surface area contributed by atoms with Crippen LogP contribution in [0.5, 0.6) is 5.75 Å². The molecule has 0 spiro atoms. The Morgan fingerprint density at radius 3 is 2.66 bits per heavy atom. The number of nitrogens with zero attached hydrogens (tertiary/aromatic N) is 1. The van der Waals surface area contributed by atoms with Crippen LogP contribution in [0.4, 0.5) is 0 Å². The summed E-state index contributed by atoms with van der Waals surface area (Å²) in [5.74, 6) is 1.43. The number of amides is 1. The van der Waals surface area contributed by atoms with Crippen LogP contribution in [0, 0.1) is 13.8 Å². The fraction of sp³-hybridized carbons (Fsp3) is 0.348. The van der Waals surface area contributed by atoms with Crippen LogP contribution < -0.4 is 9.46 Å². The number of nitrogens with one attached hydrogen (secondary N) is 1. The molecule has 0 atom stereocenters. The first-order valence-electron chi connectivity index (χ1n) is 10.5. The third kappa shape index (κ3) is 5.23. The fourth-order valence-electron chi connectivity index (χ4n) is 3.73. The zero-order valence-corrected chi connectivity index (χ0v) is 19.7. The van der Waals surface area contributed by atoms with Crippen molar-refractivity contribution in [3.63, 3.8) is 0 Å². The molecule has 32 heavy (non-hydrogen) atoms. The van der Waals surface area contributed by atoms with E-state index in [4.69, 9.17) is 9.15 Å². The molecule has 0 aliphatic carbocycles. The van der Waals surface area contributed by atoms with Crippen molar-refractivity contribution in [2.45, 2.75) is 43.5 Å². The third-order valence-electron chi connectivity index (χ3n) is 5.44. The third-order valence-corrected chi connectivity index (χ3v) is 8.35. The predicted octanol–water partition coefficient (Wildman–Crippen LogP) is 4.12. The molecule has 1 aromatic carbocycles. The first-order chi connectivity index (χ1) is 15.3.